The van der Waals surface area contributed by atoms with Crippen molar-refractivity contribution in [2.45, 2.75) is 0 Å². The van der Waals surface area contributed by atoms with Crippen LogP contribution in [-0.4, -0.2) is 26.0 Å². The molecular formula is C26H20O6. The van der Waals surface area contributed by atoms with Crippen LogP contribution in [0.25, 0.3) is 12.2 Å². The van der Waals surface area contributed by atoms with Gasteiger partial charge < -0.3 is 18.9 Å². The van der Waals surface area contributed by atoms with E-state index in [1.54, 1.807) is 56.7 Å². The molecule has 0 aromatic heterocycles. The Labute approximate surface area is 185 Å². The molecule has 0 bridgehead atoms. The minimum atomic E-state index is -0.532. The summed E-state index contributed by atoms with van der Waals surface area (Å²) >= 11 is 0. The molecule has 4 rings (SSSR count). The monoisotopic (exact) mass is 428 g/mol. The minimum absolute atomic E-state index is 0.138. The number of carbonyl (C=O) groups excluding carboxylic acids is 2. The zero-order chi connectivity index (χ0) is 22.5. The molecule has 0 saturated carbocycles. The molecular weight excluding hydrogens is 408 g/mol. The van der Waals surface area contributed by atoms with Crippen LogP contribution in [0.15, 0.2) is 78.6 Å². The van der Waals surface area contributed by atoms with E-state index in [2.05, 4.69) is 0 Å². The summed E-state index contributed by atoms with van der Waals surface area (Å²) < 4.78 is 21.7. The van der Waals surface area contributed by atoms with Crippen LogP contribution in [-0.2, 0) is 4.79 Å². The second-order valence-corrected chi connectivity index (χ2v) is 6.87. The molecule has 0 saturated heterocycles. The van der Waals surface area contributed by atoms with Gasteiger partial charge in [0.1, 0.15) is 23.0 Å². The molecule has 0 aliphatic carbocycles. The fourth-order valence-electron chi connectivity index (χ4n) is 3.20. The van der Waals surface area contributed by atoms with Crippen LogP contribution in [0.3, 0.4) is 0 Å². The average molecular weight is 428 g/mol. The number of ether oxygens (including phenoxy) is 4. The molecule has 1 aliphatic heterocycles. The van der Waals surface area contributed by atoms with E-state index in [0.717, 1.165) is 5.56 Å². The molecule has 1 aliphatic rings. The van der Waals surface area contributed by atoms with Gasteiger partial charge in [-0.15, -0.1) is 0 Å². The van der Waals surface area contributed by atoms with Crippen LogP contribution in [0.5, 0.6) is 23.0 Å². The summed E-state index contributed by atoms with van der Waals surface area (Å²) in [4.78, 5) is 24.9. The second kappa shape index (κ2) is 9.22. The van der Waals surface area contributed by atoms with Crippen molar-refractivity contribution in [3.05, 3.63) is 95.3 Å². The molecule has 0 unspecified atom stereocenters. The number of hydrogen-bond acceptors (Lipinski definition) is 6. The topological polar surface area (TPSA) is 71.1 Å². The number of allylic oxidation sites excluding steroid dienone is 1. The molecule has 0 atom stereocenters. The lowest BCUT2D eigenvalue weighted by molar-refractivity contribution is -0.128. The maximum atomic E-state index is 12.8. The number of esters is 1. The van der Waals surface area contributed by atoms with E-state index in [1.165, 1.54) is 12.1 Å². The van der Waals surface area contributed by atoms with Crippen LogP contribution in [0.2, 0.25) is 0 Å². The van der Waals surface area contributed by atoms with Gasteiger partial charge in [0.25, 0.3) is 0 Å². The van der Waals surface area contributed by atoms with E-state index in [9.17, 15) is 9.59 Å². The van der Waals surface area contributed by atoms with Crippen molar-refractivity contribution >= 4 is 23.9 Å². The number of methoxy groups -OCH3 is 2. The summed E-state index contributed by atoms with van der Waals surface area (Å²) in [5.41, 5.74) is 1.91. The lowest BCUT2D eigenvalue weighted by Crippen LogP contribution is -2.03. The molecule has 6 heteroatoms. The van der Waals surface area contributed by atoms with Gasteiger partial charge in [-0.3, -0.25) is 4.79 Å². The maximum Gasteiger partial charge on any atom is 0.336 e. The van der Waals surface area contributed by atoms with Crippen LogP contribution < -0.4 is 18.9 Å². The summed E-state index contributed by atoms with van der Waals surface area (Å²) in [5, 5.41) is 0. The summed E-state index contributed by atoms with van der Waals surface area (Å²) in [6.07, 6.45) is 4.60. The highest BCUT2D eigenvalue weighted by Gasteiger charge is 2.28. The number of hydrogen-bond donors (Lipinski definition) is 0. The van der Waals surface area contributed by atoms with E-state index in [0.29, 0.717) is 28.4 Å². The molecule has 0 N–H and O–H groups in total. The Balaban J connectivity index is 1.52. The number of ketones is 1. The maximum absolute atomic E-state index is 12.8. The summed E-state index contributed by atoms with van der Waals surface area (Å²) in [5.74, 6) is 1.13. The highest BCUT2D eigenvalue weighted by molar-refractivity contribution is 6.14. The van der Waals surface area contributed by atoms with Gasteiger partial charge in [0.05, 0.1) is 19.8 Å². The standard InChI is InChI=1S/C26H20O6/c1-29-19-10-12-22(30-2)18(14-19)15-24-26(28)21-11-9-20(16-23(21)32-24)31-25(27)13-8-17-6-4-3-5-7-17/h3-16H,1-2H3/b13-8+,24-15-. The third-order valence-electron chi connectivity index (χ3n) is 4.79. The van der Waals surface area contributed by atoms with Crippen LogP contribution in [0.4, 0.5) is 0 Å². The molecule has 1 heterocycles. The Hall–Kier alpha value is -4.32. The van der Waals surface area contributed by atoms with Crippen LogP contribution in [0, 0.1) is 0 Å². The molecule has 0 spiro atoms. The fraction of sp³-hybridized carbons (Fsp3) is 0.0769. The fourth-order valence-corrected chi connectivity index (χ4v) is 3.20. The minimum Gasteiger partial charge on any atom is -0.497 e. The van der Waals surface area contributed by atoms with Crippen molar-refractivity contribution in [3.8, 4) is 23.0 Å². The number of benzene rings is 3. The van der Waals surface area contributed by atoms with Gasteiger partial charge in [0.2, 0.25) is 5.78 Å². The summed E-state index contributed by atoms with van der Waals surface area (Å²) in [7, 11) is 3.10. The first kappa shape index (κ1) is 20.9. The van der Waals surface area contributed by atoms with E-state index >= 15 is 0 Å². The second-order valence-electron chi connectivity index (χ2n) is 6.87. The Morgan fingerprint density at radius 2 is 1.69 bits per heavy atom. The molecule has 3 aromatic carbocycles. The predicted octanol–water partition coefficient (Wildman–Crippen LogP) is 4.94. The van der Waals surface area contributed by atoms with Crippen molar-refractivity contribution in [2.24, 2.45) is 0 Å². The van der Waals surface area contributed by atoms with E-state index in [-0.39, 0.29) is 17.3 Å². The molecule has 0 amide bonds. The zero-order valence-corrected chi connectivity index (χ0v) is 17.5. The third kappa shape index (κ3) is 4.54. The van der Waals surface area contributed by atoms with Gasteiger partial charge in [-0.1, -0.05) is 30.3 Å². The summed E-state index contributed by atoms with van der Waals surface area (Å²) in [6.45, 7) is 0. The van der Waals surface area contributed by atoms with Crippen LogP contribution in [0.1, 0.15) is 21.5 Å². The first-order chi connectivity index (χ1) is 15.6. The largest absolute Gasteiger partial charge is 0.497 e. The predicted molar refractivity (Wildman–Crippen MR) is 120 cm³/mol. The Bertz CT molecular complexity index is 1220. The van der Waals surface area contributed by atoms with Gasteiger partial charge in [0.15, 0.2) is 5.76 Å². The normalized spacial score (nSPS) is 13.7. The molecule has 0 fully saturated rings. The molecule has 32 heavy (non-hydrogen) atoms. The Morgan fingerprint density at radius 1 is 0.906 bits per heavy atom. The van der Waals surface area contributed by atoms with Gasteiger partial charge in [-0.2, -0.15) is 0 Å². The first-order valence-electron chi connectivity index (χ1n) is 9.82. The van der Waals surface area contributed by atoms with Gasteiger partial charge in [0, 0.05) is 17.7 Å². The lowest BCUT2D eigenvalue weighted by atomic mass is 10.1. The smallest absolute Gasteiger partial charge is 0.336 e. The Morgan fingerprint density at radius 3 is 2.44 bits per heavy atom. The quantitative estimate of drug-likeness (QED) is 0.315. The third-order valence-corrected chi connectivity index (χ3v) is 4.79. The summed E-state index contributed by atoms with van der Waals surface area (Å²) in [6, 6.07) is 19.3. The van der Waals surface area contributed by atoms with Crippen molar-refractivity contribution in [2.75, 3.05) is 14.2 Å². The number of fused-ring (bicyclic) bond motifs is 1. The van der Waals surface area contributed by atoms with Crippen LogP contribution >= 0.6 is 0 Å². The van der Waals surface area contributed by atoms with Gasteiger partial charge >= 0.3 is 5.97 Å². The van der Waals surface area contributed by atoms with E-state index < -0.39 is 5.97 Å². The van der Waals surface area contributed by atoms with Crippen molar-refractivity contribution in [1.29, 1.82) is 0 Å². The average Bonchev–Trinajstić information content (AvgIpc) is 3.12. The molecule has 3 aromatic rings. The number of carbonyl (C=O) groups is 2. The first-order valence-corrected chi connectivity index (χ1v) is 9.82. The highest BCUT2D eigenvalue weighted by Crippen LogP contribution is 2.36. The van der Waals surface area contributed by atoms with E-state index in [1.807, 2.05) is 30.3 Å². The molecule has 0 radical (unpaired) electrons. The molecule has 6 nitrogen and oxygen atoms in total. The van der Waals surface area contributed by atoms with Gasteiger partial charge in [-0.05, 0) is 48.0 Å². The Kier molecular flexibility index (Phi) is 6.03. The zero-order valence-electron chi connectivity index (χ0n) is 17.5. The molecule has 160 valence electrons. The van der Waals surface area contributed by atoms with Crippen molar-refractivity contribution < 1.29 is 28.5 Å². The number of Topliss-reactive ketones (excluding diaryl/α,β-unsaturated/α-hetero) is 1. The van der Waals surface area contributed by atoms with Crippen molar-refractivity contribution in [1.82, 2.24) is 0 Å². The SMILES string of the molecule is COc1ccc(OC)c(/C=C2\Oc3cc(OC(=O)/C=C/c4ccccc4)ccc3C2=O)c1. The van der Waals surface area contributed by atoms with E-state index in [4.69, 9.17) is 18.9 Å². The number of rotatable bonds is 6. The van der Waals surface area contributed by atoms with Crippen molar-refractivity contribution in [3.63, 3.8) is 0 Å². The van der Waals surface area contributed by atoms with Gasteiger partial charge in [-0.25, -0.2) is 4.79 Å². The lowest BCUT2D eigenvalue weighted by Gasteiger charge is -2.08. The highest BCUT2D eigenvalue weighted by atomic mass is 16.5.